The van der Waals surface area contributed by atoms with Gasteiger partial charge < -0.3 is 5.32 Å². The first-order valence-corrected chi connectivity index (χ1v) is 5.76. The predicted octanol–water partition coefficient (Wildman–Crippen LogP) is 1.23. The summed E-state index contributed by atoms with van der Waals surface area (Å²) in [5.74, 6) is 2.76. The van der Waals surface area contributed by atoms with Crippen LogP contribution in [0.2, 0.25) is 0 Å². The molecule has 0 aromatic heterocycles. The number of rotatable bonds is 1. The van der Waals surface area contributed by atoms with Crippen molar-refractivity contribution in [2.45, 2.75) is 37.6 Å². The summed E-state index contributed by atoms with van der Waals surface area (Å²) in [6, 6.07) is 0. The molecule has 0 aromatic rings. The Morgan fingerprint density at radius 1 is 1.29 bits per heavy atom. The van der Waals surface area contributed by atoms with Crippen molar-refractivity contribution in [3.63, 3.8) is 0 Å². The third-order valence-corrected chi connectivity index (χ3v) is 3.58. The summed E-state index contributed by atoms with van der Waals surface area (Å²) in [7, 11) is 0. The van der Waals surface area contributed by atoms with Gasteiger partial charge in [-0.1, -0.05) is 25.2 Å². The van der Waals surface area contributed by atoms with Gasteiger partial charge in [0.25, 0.3) is 0 Å². The molecule has 2 aliphatic rings. The monoisotopic (exact) mass is 192 g/mol. The van der Waals surface area contributed by atoms with Crippen LogP contribution in [0, 0.1) is 12.3 Å². The molecule has 0 atom stereocenters. The van der Waals surface area contributed by atoms with Gasteiger partial charge in [0, 0.05) is 25.2 Å². The molecule has 1 heterocycles. The van der Waals surface area contributed by atoms with Crippen LogP contribution < -0.4 is 5.32 Å². The fourth-order valence-electron chi connectivity index (χ4n) is 2.87. The molecule has 1 aliphatic heterocycles. The maximum atomic E-state index is 5.37. The van der Waals surface area contributed by atoms with Crippen molar-refractivity contribution in [2.24, 2.45) is 0 Å². The first-order valence-electron chi connectivity index (χ1n) is 5.76. The number of hydrogen-bond acceptors (Lipinski definition) is 2. The molecule has 2 heteroatoms. The summed E-state index contributed by atoms with van der Waals surface area (Å²) >= 11 is 0. The topological polar surface area (TPSA) is 15.3 Å². The summed E-state index contributed by atoms with van der Waals surface area (Å²) < 4.78 is 0. The van der Waals surface area contributed by atoms with E-state index in [2.05, 4.69) is 16.1 Å². The number of hydrogen-bond donors (Lipinski definition) is 1. The van der Waals surface area contributed by atoms with E-state index in [1.807, 2.05) is 0 Å². The van der Waals surface area contributed by atoms with Crippen LogP contribution in [0.15, 0.2) is 0 Å². The maximum Gasteiger partial charge on any atom is 0.0600 e. The van der Waals surface area contributed by atoms with E-state index in [0.717, 1.165) is 26.2 Å². The summed E-state index contributed by atoms with van der Waals surface area (Å²) in [4.78, 5) is 2.42. The van der Waals surface area contributed by atoms with E-state index in [4.69, 9.17) is 6.42 Å². The smallest absolute Gasteiger partial charge is 0.0600 e. The molecule has 2 nitrogen and oxygen atoms in total. The van der Waals surface area contributed by atoms with Crippen molar-refractivity contribution in [1.82, 2.24) is 10.2 Å². The lowest BCUT2D eigenvalue weighted by Crippen LogP contribution is -2.61. The third-order valence-electron chi connectivity index (χ3n) is 3.58. The molecule has 2 fully saturated rings. The van der Waals surface area contributed by atoms with E-state index < -0.39 is 0 Å². The van der Waals surface area contributed by atoms with Gasteiger partial charge in [0.1, 0.15) is 0 Å². The number of terminal acetylenes is 1. The van der Waals surface area contributed by atoms with Gasteiger partial charge in [0.2, 0.25) is 0 Å². The summed E-state index contributed by atoms with van der Waals surface area (Å²) in [6.07, 6.45) is 12.2. The first-order chi connectivity index (χ1) is 6.85. The van der Waals surface area contributed by atoms with Crippen molar-refractivity contribution in [1.29, 1.82) is 0 Å². The molecule has 0 aromatic carbocycles. The largest absolute Gasteiger partial charge is 0.309 e. The highest BCUT2D eigenvalue weighted by molar-refractivity contribution is 4.99. The molecular weight excluding hydrogens is 172 g/mol. The summed E-state index contributed by atoms with van der Waals surface area (Å²) in [5.41, 5.74) is 0.410. The minimum atomic E-state index is 0.410. The molecule has 1 spiro atoms. The minimum absolute atomic E-state index is 0.410. The van der Waals surface area contributed by atoms with Gasteiger partial charge in [0.05, 0.1) is 6.54 Å². The van der Waals surface area contributed by atoms with E-state index in [0.29, 0.717) is 5.54 Å². The number of nitrogens with one attached hydrogen (secondary N) is 1. The normalized spacial score (nSPS) is 27.4. The highest BCUT2D eigenvalue weighted by Crippen LogP contribution is 2.30. The predicted molar refractivity (Wildman–Crippen MR) is 59.1 cm³/mol. The Hall–Kier alpha value is -0.520. The first kappa shape index (κ1) is 10.0. The summed E-state index contributed by atoms with van der Waals surface area (Å²) in [6.45, 7) is 4.22. The molecule has 0 amide bonds. The fraction of sp³-hybridized carbons (Fsp3) is 0.833. The van der Waals surface area contributed by atoms with Gasteiger partial charge in [-0.3, -0.25) is 4.90 Å². The molecule has 0 unspecified atom stereocenters. The van der Waals surface area contributed by atoms with Crippen LogP contribution in [-0.2, 0) is 0 Å². The molecular formula is C12H20N2. The van der Waals surface area contributed by atoms with Crippen molar-refractivity contribution in [2.75, 3.05) is 26.2 Å². The molecule has 1 aliphatic carbocycles. The molecule has 1 saturated heterocycles. The van der Waals surface area contributed by atoms with Crippen molar-refractivity contribution in [3.05, 3.63) is 0 Å². The zero-order valence-corrected chi connectivity index (χ0v) is 8.89. The van der Waals surface area contributed by atoms with Crippen LogP contribution in [0.5, 0.6) is 0 Å². The van der Waals surface area contributed by atoms with Gasteiger partial charge in [-0.05, 0) is 12.8 Å². The fourth-order valence-corrected chi connectivity index (χ4v) is 2.87. The Kier molecular flexibility index (Phi) is 3.10. The number of nitrogens with zero attached hydrogens (tertiary/aromatic N) is 1. The highest BCUT2D eigenvalue weighted by Gasteiger charge is 2.35. The third kappa shape index (κ3) is 2.10. The Morgan fingerprint density at radius 3 is 2.79 bits per heavy atom. The minimum Gasteiger partial charge on any atom is -0.309 e. The van der Waals surface area contributed by atoms with Crippen LogP contribution in [0.3, 0.4) is 0 Å². The second kappa shape index (κ2) is 4.33. The van der Waals surface area contributed by atoms with Gasteiger partial charge in [-0.15, -0.1) is 6.42 Å². The van der Waals surface area contributed by atoms with Crippen LogP contribution >= 0.6 is 0 Å². The Labute approximate surface area is 87.1 Å². The van der Waals surface area contributed by atoms with E-state index >= 15 is 0 Å². The molecule has 0 bridgehead atoms. The Balaban J connectivity index is 1.95. The van der Waals surface area contributed by atoms with E-state index in [9.17, 15) is 0 Å². The average Bonchev–Trinajstić information content (AvgIpc) is 2.19. The van der Waals surface area contributed by atoms with Crippen LogP contribution in [0.25, 0.3) is 0 Å². The van der Waals surface area contributed by atoms with Gasteiger partial charge >= 0.3 is 0 Å². The summed E-state index contributed by atoms with van der Waals surface area (Å²) in [5, 5.41) is 3.71. The van der Waals surface area contributed by atoms with Crippen molar-refractivity contribution >= 4 is 0 Å². The molecule has 14 heavy (non-hydrogen) atoms. The standard InChI is InChI=1S/C12H20N2/c1-2-9-14-10-8-13-12(11-14)6-4-3-5-7-12/h1,13H,3-11H2. The molecule has 0 radical (unpaired) electrons. The van der Waals surface area contributed by atoms with Gasteiger partial charge in [0.15, 0.2) is 0 Å². The van der Waals surface area contributed by atoms with Gasteiger partial charge in [-0.25, -0.2) is 0 Å². The highest BCUT2D eigenvalue weighted by atomic mass is 15.2. The Bertz CT molecular complexity index is 217. The lowest BCUT2D eigenvalue weighted by atomic mass is 9.80. The van der Waals surface area contributed by atoms with E-state index in [-0.39, 0.29) is 0 Å². The average molecular weight is 192 g/mol. The van der Waals surface area contributed by atoms with Crippen LogP contribution in [0.4, 0.5) is 0 Å². The van der Waals surface area contributed by atoms with Gasteiger partial charge in [-0.2, -0.15) is 0 Å². The molecule has 1 saturated carbocycles. The van der Waals surface area contributed by atoms with E-state index in [1.165, 1.54) is 32.1 Å². The Morgan fingerprint density at radius 2 is 2.07 bits per heavy atom. The molecule has 2 rings (SSSR count). The van der Waals surface area contributed by atoms with Crippen molar-refractivity contribution in [3.8, 4) is 12.3 Å². The second-order valence-electron chi connectivity index (χ2n) is 4.68. The lowest BCUT2D eigenvalue weighted by molar-refractivity contribution is 0.110. The quantitative estimate of drug-likeness (QED) is 0.629. The zero-order chi connectivity index (χ0) is 9.86. The molecule has 78 valence electrons. The number of piperazine rings is 1. The second-order valence-corrected chi connectivity index (χ2v) is 4.68. The SMILES string of the molecule is C#CCN1CCNC2(CCCCC2)C1. The zero-order valence-electron chi connectivity index (χ0n) is 8.89. The molecule has 1 N–H and O–H groups in total. The van der Waals surface area contributed by atoms with E-state index in [1.54, 1.807) is 0 Å². The van der Waals surface area contributed by atoms with Crippen LogP contribution in [-0.4, -0.2) is 36.6 Å². The maximum absolute atomic E-state index is 5.37. The lowest BCUT2D eigenvalue weighted by Gasteiger charge is -2.45. The van der Waals surface area contributed by atoms with Crippen LogP contribution in [0.1, 0.15) is 32.1 Å². The van der Waals surface area contributed by atoms with Crippen molar-refractivity contribution < 1.29 is 0 Å².